The predicted octanol–water partition coefficient (Wildman–Crippen LogP) is 1.92. The topological polar surface area (TPSA) is 33.1 Å². The van der Waals surface area contributed by atoms with Gasteiger partial charge in [-0.05, 0) is 30.4 Å². The van der Waals surface area contributed by atoms with Gasteiger partial charge in [-0.25, -0.2) is 0 Å². The van der Waals surface area contributed by atoms with Crippen LogP contribution in [0.3, 0.4) is 0 Å². The van der Waals surface area contributed by atoms with Crippen molar-refractivity contribution in [1.29, 1.82) is 0 Å². The molecule has 1 aromatic rings. The van der Waals surface area contributed by atoms with Gasteiger partial charge in [0.05, 0.1) is 6.10 Å². The van der Waals surface area contributed by atoms with E-state index in [4.69, 9.17) is 0 Å². The second-order valence-electron chi connectivity index (χ2n) is 3.42. The van der Waals surface area contributed by atoms with Crippen LogP contribution in [0.1, 0.15) is 30.9 Å². The molecule has 1 aliphatic carbocycles. The molecule has 1 aromatic heterocycles. The van der Waals surface area contributed by atoms with Gasteiger partial charge in [0.2, 0.25) is 0 Å². The number of aliphatic hydroxyl groups is 1. The lowest BCUT2D eigenvalue weighted by molar-refractivity contribution is 0.0618. The molecule has 64 valence electrons. The molecule has 0 aromatic carbocycles. The fraction of sp³-hybridized carbons (Fsp3) is 0.500. The number of aliphatic hydroxyl groups excluding tert-OH is 1. The predicted molar refractivity (Wildman–Crippen MR) is 46.5 cm³/mol. The van der Waals surface area contributed by atoms with Crippen LogP contribution in [0, 0.1) is 5.92 Å². The van der Waals surface area contributed by atoms with Gasteiger partial charge in [0.1, 0.15) is 0 Å². The van der Waals surface area contributed by atoms with E-state index in [0.29, 0.717) is 5.92 Å². The lowest BCUT2D eigenvalue weighted by Gasteiger charge is -2.30. The highest BCUT2D eigenvalue weighted by Gasteiger charge is 2.26. The molecule has 1 unspecified atom stereocenters. The average Bonchev–Trinajstić information content (AvgIpc) is 2.03. The lowest BCUT2D eigenvalue weighted by Crippen LogP contribution is -2.19. The van der Waals surface area contributed by atoms with Crippen LogP contribution >= 0.6 is 0 Å². The van der Waals surface area contributed by atoms with Crippen molar-refractivity contribution >= 4 is 0 Å². The molecule has 0 radical (unpaired) electrons. The molecule has 1 aliphatic rings. The van der Waals surface area contributed by atoms with Crippen LogP contribution < -0.4 is 0 Å². The molecular weight excluding hydrogens is 150 g/mol. The van der Waals surface area contributed by atoms with Crippen LogP contribution in [0.4, 0.5) is 0 Å². The lowest BCUT2D eigenvalue weighted by atomic mass is 9.79. The Balaban J connectivity index is 2.08. The van der Waals surface area contributed by atoms with E-state index in [1.54, 1.807) is 12.4 Å². The fourth-order valence-electron chi connectivity index (χ4n) is 1.58. The molecule has 0 saturated heterocycles. The van der Waals surface area contributed by atoms with E-state index >= 15 is 0 Å². The molecular formula is C10H13NO. The van der Waals surface area contributed by atoms with Crippen LogP contribution in [-0.2, 0) is 0 Å². The Kier molecular flexibility index (Phi) is 2.09. The smallest absolute Gasteiger partial charge is 0.0833 e. The first-order chi connectivity index (χ1) is 5.88. The normalized spacial score (nSPS) is 20.1. The molecule has 2 nitrogen and oxygen atoms in total. The summed E-state index contributed by atoms with van der Waals surface area (Å²) in [5, 5.41) is 9.80. The summed E-state index contributed by atoms with van der Waals surface area (Å²) >= 11 is 0. The fourth-order valence-corrected chi connectivity index (χ4v) is 1.58. The van der Waals surface area contributed by atoms with Gasteiger partial charge in [-0.3, -0.25) is 4.98 Å². The number of pyridine rings is 1. The largest absolute Gasteiger partial charge is 0.388 e. The summed E-state index contributed by atoms with van der Waals surface area (Å²) in [4.78, 5) is 3.99. The maximum absolute atomic E-state index is 9.80. The summed E-state index contributed by atoms with van der Waals surface area (Å²) in [7, 11) is 0. The van der Waals surface area contributed by atoms with Crippen molar-refractivity contribution in [3.8, 4) is 0 Å². The van der Waals surface area contributed by atoms with Crippen molar-refractivity contribution in [2.45, 2.75) is 25.4 Å². The Hall–Kier alpha value is -0.890. The van der Waals surface area contributed by atoms with E-state index in [2.05, 4.69) is 4.98 Å². The van der Waals surface area contributed by atoms with Crippen LogP contribution in [0.2, 0.25) is 0 Å². The first-order valence-corrected chi connectivity index (χ1v) is 4.46. The van der Waals surface area contributed by atoms with E-state index in [9.17, 15) is 5.11 Å². The van der Waals surface area contributed by atoms with Crippen LogP contribution in [0.5, 0.6) is 0 Å². The van der Waals surface area contributed by atoms with Gasteiger partial charge < -0.3 is 5.11 Å². The maximum atomic E-state index is 9.80. The molecule has 1 fully saturated rings. The van der Waals surface area contributed by atoms with E-state index < -0.39 is 0 Å². The quantitative estimate of drug-likeness (QED) is 0.722. The Morgan fingerprint density at radius 1 is 1.50 bits per heavy atom. The van der Waals surface area contributed by atoms with Crippen molar-refractivity contribution in [2.75, 3.05) is 0 Å². The van der Waals surface area contributed by atoms with E-state index in [0.717, 1.165) is 18.4 Å². The SMILES string of the molecule is OC(c1cccnc1)C1CCC1. The molecule has 12 heavy (non-hydrogen) atoms. The first-order valence-electron chi connectivity index (χ1n) is 4.46. The minimum atomic E-state index is -0.285. The van der Waals surface area contributed by atoms with Crippen molar-refractivity contribution < 1.29 is 5.11 Å². The minimum absolute atomic E-state index is 0.285. The van der Waals surface area contributed by atoms with Crippen LogP contribution in [0.25, 0.3) is 0 Å². The van der Waals surface area contributed by atoms with Crippen molar-refractivity contribution in [2.24, 2.45) is 5.92 Å². The summed E-state index contributed by atoms with van der Waals surface area (Å²) in [5.41, 5.74) is 0.960. The summed E-state index contributed by atoms with van der Waals surface area (Å²) in [6.07, 6.45) is 6.79. The highest BCUT2D eigenvalue weighted by atomic mass is 16.3. The van der Waals surface area contributed by atoms with Gasteiger partial charge in [0, 0.05) is 12.4 Å². The highest BCUT2D eigenvalue weighted by molar-refractivity contribution is 5.13. The van der Waals surface area contributed by atoms with E-state index in [-0.39, 0.29) is 6.10 Å². The van der Waals surface area contributed by atoms with Crippen molar-refractivity contribution in [1.82, 2.24) is 4.98 Å². The Bertz CT molecular complexity index is 243. The summed E-state index contributed by atoms with van der Waals surface area (Å²) in [6.45, 7) is 0. The van der Waals surface area contributed by atoms with Gasteiger partial charge in [-0.2, -0.15) is 0 Å². The minimum Gasteiger partial charge on any atom is -0.388 e. The van der Waals surface area contributed by atoms with Crippen LogP contribution in [-0.4, -0.2) is 10.1 Å². The molecule has 1 heterocycles. The molecule has 0 spiro atoms. The van der Waals surface area contributed by atoms with Gasteiger partial charge in [-0.1, -0.05) is 12.5 Å². The molecule has 0 bridgehead atoms. The van der Waals surface area contributed by atoms with Crippen LogP contribution in [0.15, 0.2) is 24.5 Å². The molecule has 0 amide bonds. The van der Waals surface area contributed by atoms with E-state index in [1.165, 1.54) is 6.42 Å². The average molecular weight is 163 g/mol. The zero-order valence-corrected chi connectivity index (χ0v) is 6.98. The van der Waals surface area contributed by atoms with Crippen molar-refractivity contribution in [3.63, 3.8) is 0 Å². The summed E-state index contributed by atoms with van der Waals surface area (Å²) in [5.74, 6) is 0.481. The van der Waals surface area contributed by atoms with Crippen molar-refractivity contribution in [3.05, 3.63) is 30.1 Å². The third kappa shape index (κ3) is 1.34. The second-order valence-corrected chi connectivity index (χ2v) is 3.42. The van der Waals surface area contributed by atoms with Gasteiger partial charge >= 0.3 is 0 Å². The number of nitrogens with zero attached hydrogens (tertiary/aromatic N) is 1. The third-order valence-corrected chi connectivity index (χ3v) is 2.62. The standard InChI is InChI=1S/C10H13NO/c12-10(8-3-1-4-8)9-5-2-6-11-7-9/h2,5-8,10,12H,1,3-4H2. The Labute approximate surface area is 72.3 Å². The monoisotopic (exact) mass is 163 g/mol. The Morgan fingerprint density at radius 3 is 2.83 bits per heavy atom. The maximum Gasteiger partial charge on any atom is 0.0833 e. The highest BCUT2D eigenvalue weighted by Crippen LogP contribution is 2.37. The van der Waals surface area contributed by atoms with E-state index in [1.807, 2.05) is 12.1 Å². The number of aromatic nitrogens is 1. The van der Waals surface area contributed by atoms with Gasteiger partial charge in [-0.15, -0.1) is 0 Å². The number of hydrogen-bond acceptors (Lipinski definition) is 2. The first kappa shape index (κ1) is 7.74. The van der Waals surface area contributed by atoms with Gasteiger partial charge in [0.15, 0.2) is 0 Å². The molecule has 1 saturated carbocycles. The number of rotatable bonds is 2. The zero-order chi connectivity index (χ0) is 8.39. The molecule has 0 aliphatic heterocycles. The third-order valence-electron chi connectivity index (χ3n) is 2.62. The number of hydrogen-bond donors (Lipinski definition) is 1. The second kappa shape index (κ2) is 3.23. The molecule has 2 rings (SSSR count). The summed E-state index contributed by atoms with van der Waals surface area (Å²) < 4.78 is 0. The molecule has 2 heteroatoms. The molecule has 1 N–H and O–H groups in total. The Morgan fingerprint density at radius 2 is 2.33 bits per heavy atom. The summed E-state index contributed by atoms with van der Waals surface area (Å²) in [6, 6.07) is 3.81. The zero-order valence-electron chi connectivity index (χ0n) is 6.98. The van der Waals surface area contributed by atoms with Gasteiger partial charge in [0.25, 0.3) is 0 Å². The molecule has 1 atom stereocenters.